The molecule has 2 atom stereocenters. The molecule has 0 aromatic carbocycles. The number of hydrogen-bond acceptors (Lipinski definition) is 4. The molecule has 0 radical (unpaired) electrons. The van der Waals surface area contributed by atoms with Crippen molar-refractivity contribution in [2.45, 2.75) is 38.0 Å². The Morgan fingerprint density at radius 2 is 2.37 bits per heavy atom. The number of hydrogen-bond donors (Lipinski definition) is 1. The van der Waals surface area contributed by atoms with E-state index in [0.717, 1.165) is 24.6 Å². The van der Waals surface area contributed by atoms with Crippen molar-refractivity contribution in [3.05, 3.63) is 21.9 Å². The molecular formula is C15H19NO2S. The van der Waals surface area contributed by atoms with Crippen LogP contribution in [0.5, 0.6) is 0 Å². The van der Waals surface area contributed by atoms with Gasteiger partial charge in [0.1, 0.15) is 6.61 Å². The van der Waals surface area contributed by atoms with Gasteiger partial charge in [0, 0.05) is 24.0 Å². The molecule has 1 aromatic heterocycles. The quantitative estimate of drug-likeness (QED) is 0.837. The maximum atomic E-state index is 8.71. The molecule has 3 rings (SSSR count). The van der Waals surface area contributed by atoms with Gasteiger partial charge in [0.2, 0.25) is 0 Å². The Morgan fingerprint density at radius 3 is 3.26 bits per heavy atom. The number of aliphatic hydroxyl groups excluding tert-OH is 1. The third-order valence-electron chi connectivity index (χ3n) is 3.91. The van der Waals surface area contributed by atoms with Crippen LogP contribution in [0.4, 0.5) is 0 Å². The summed E-state index contributed by atoms with van der Waals surface area (Å²) in [5.41, 5.74) is 0. The fourth-order valence-electron chi connectivity index (χ4n) is 3.06. The largest absolute Gasteiger partial charge is 0.384 e. The van der Waals surface area contributed by atoms with E-state index >= 15 is 0 Å². The van der Waals surface area contributed by atoms with Crippen LogP contribution in [0.2, 0.25) is 0 Å². The molecule has 1 aliphatic heterocycles. The zero-order valence-electron chi connectivity index (χ0n) is 11.0. The second kappa shape index (κ2) is 6.06. The first-order valence-electron chi connectivity index (χ1n) is 6.91. The van der Waals surface area contributed by atoms with Crippen LogP contribution in [0.25, 0.3) is 0 Å². The van der Waals surface area contributed by atoms with Gasteiger partial charge >= 0.3 is 0 Å². The van der Waals surface area contributed by atoms with Crippen molar-refractivity contribution in [1.82, 2.24) is 4.90 Å². The van der Waals surface area contributed by atoms with Crippen molar-refractivity contribution < 1.29 is 9.84 Å². The van der Waals surface area contributed by atoms with Gasteiger partial charge in [-0.25, -0.2) is 0 Å². The minimum Gasteiger partial charge on any atom is -0.384 e. The van der Waals surface area contributed by atoms with E-state index in [9.17, 15) is 0 Å². The molecule has 1 N–H and O–H groups in total. The van der Waals surface area contributed by atoms with Gasteiger partial charge in [-0.15, -0.1) is 11.3 Å². The van der Waals surface area contributed by atoms with Crippen LogP contribution in [0.3, 0.4) is 0 Å². The second-order valence-corrected chi connectivity index (χ2v) is 6.27. The highest BCUT2D eigenvalue weighted by molar-refractivity contribution is 7.12. The summed E-state index contributed by atoms with van der Waals surface area (Å²) >= 11 is 1.73. The Labute approximate surface area is 118 Å². The van der Waals surface area contributed by atoms with Gasteiger partial charge < -0.3 is 9.84 Å². The Kier molecular flexibility index (Phi) is 4.19. The van der Waals surface area contributed by atoms with Crippen molar-refractivity contribution in [3.8, 4) is 11.8 Å². The van der Waals surface area contributed by atoms with Gasteiger partial charge in [0.15, 0.2) is 0 Å². The van der Waals surface area contributed by atoms with Gasteiger partial charge in [0.05, 0.1) is 17.6 Å². The van der Waals surface area contributed by atoms with Crippen LogP contribution in [0.15, 0.2) is 12.1 Å². The monoisotopic (exact) mass is 277 g/mol. The maximum Gasteiger partial charge on any atom is 0.104 e. The third-order valence-corrected chi connectivity index (χ3v) is 4.89. The van der Waals surface area contributed by atoms with Crippen LogP contribution in [0.1, 0.15) is 29.0 Å². The summed E-state index contributed by atoms with van der Waals surface area (Å²) in [4.78, 5) is 4.96. The summed E-state index contributed by atoms with van der Waals surface area (Å²) in [5.74, 6) is 5.67. The topological polar surface area (TPSA) is 32.7 Å². The smallest absolute Gasteiger partial charge is 0.104 e. The van der Waals surface area contributed by atoms with Crippen LogP contribution in [-0.4, -0.2) is 41.9 Å². The van der Waals surface area contributed by atoms with Crippen molar-refractivity contribution in [2.24, 2.45) is 0 Å². The van der Waals surface area contributed by atoms with Crippen LogP contribution in [-0.2, 0) is 11.3 Å². The van der Waals surface area contributed by atoms with E-state index in [1.807, 2.05) is 0 Å². The molecule has 4 heteroatoms. The number of thiophene rings is 1. The SMILES string of the molecule is OCC#Cc1ccc(CN2CCOC3CCCC32)s1. The number of aliphatic hydroxyl groups is 1. The summed E-state index contributed by atoms with van der Waals surface area (Å²) in [6.45, 7) is 2.84. The van der Waals surface area contributed by atoms with Crippen molar-refractivity contribution in [2.75, 3.05) is 19.8 Å². The van der Waals surface area contributed by atoms with E-state index in [1.54, 1.807) is 11.3 Å². The number of morpholine rings is 1. The van der Waals surface area contributed by atoms with Gasteiger partial charge in [-0.1, -0.05) is 11.8 Å². The molecule has 1 aromatic rings. The molecule has 1 aliphatic carbocycles. The van der Waals surface area contributed by atoms with E-state index in [2.05, 4.69) is 28.9 Å². The molecule has 2 aliphatic rings. The molecule has 2 unspecified atom stereocenters. The molecule has 3 nitrogen and oxygen atoms in total. The highest BCUT2D eigenvalue weighted by Gasteiger charge is 2.35. The van der Waals surface area contributed by atoms with Gasteiger partial charge in [0.25, 0.3) is 0 Å². The minimum absolute atomic E-state index is 0.0690. The predicted molar refractivity (Wildman–Crippen MR) is 76.1 cm³/mol. The van der Waals surface area contributed by atoms with Gasteiger partial charge in [-0.3, -0.25) is 4.90 Å². The lowest BCUT2D eigenvalue weighted by molar-refractivity contribution is -0.0584. The zero-order valence-corrected chi connectivity index (χ0v) is 11.8. The van der Waals surface area contributed by atoms with E-state index < -0.39 is 0 Å². The zero-order chi connectivity index (χ0) is 13.1. The first kappa shape index (κ1) is 13.1. The summed E-state index contributed by atoms with van der Waals surface area (Å²) < 4.78 is 5.84. The summed E-state index contributed by atoms with van der Waals surface area (Å²) in [6.07, 6.45) is 4.25. The van der Waals surface area contributed by atoms with Crippen LogP contribution >= 0.6 is 11.3 Å². The highest BCUT2D eigenvalue weighted by atomic mass is 32.1. The number of nitrogens with zero attached hydrogens (tertiary/aromatic N) is 1. The Hall–Kier alpha value is -0.860. The average Bonchev–Trinajstić information content (AvgIpc) is 3.05. The van der Waals surface area contributed by atoms with E-state index in [4.69, 9.17) is 9.84 Å². The first-order valence-corrected chi connectivity index (χ1v) is 7.72. The highest BCUT2D eigenvalue weighted by Crippen LogP contribution is 2.31. The fourth-order valence-corrected chi connectivity index (χ4v) is 3.97. The summed E-state index contributed by atoms with van der Waals surface area (Å²) in [7, 11) is 0. The predicted octanol–water partition coefficient (Wildman–Crippen LogP) is 1.85. The molecule has 0 bridgehead atoms. The van der Waals surface area contributed by atoms with Crippen molar-refractivity contribution in [3.63, 3.8) is 0 Å². The van der Waals surface area contributed by atoms with Gasteiger partial charge in [-0.2, -0.15) is 0 Å². The Bertz CT molecular complexity index is 488. The van der Waals surface area contributed by atoms with E-state index in [0.29, 0.717) is 12.1 Å². The third kappa shape index (κ3) is 3.01. The van der Waals surface area contributed by atoms with E-state index in [1.165, 1.54) is 24.1 Å². The maximum absolute atomic E-state index is 8.71. The molecule has 1 saturated carbocycles. The van der Waals surface area contributed by atoms with Crippen molar-refractivity contribution in [1.29, 1.82) is 0 Å². The minimum atomic E-state index is -0.0690. The number of fused-ring (bicyclic) bond motifs is 1. The average molecular weight is 277 g/mol. The molecule has 102 valence electrons. The standard InChI is InChI=1S/C15H19NO2S/c17-9-2-3-12-6-7-13(19-12)11-16-8-10-18-15-5-1-4-14(15)16/h6-7,14-15,17H,1,4-5,8-11H2. The molecule has 2 heterocycles. The molecule has 0 amide bonds. The lowest BCUT2D eigenvalue weighted by Gasteiger charge is -2.37. The second-order valence-electron chi connectivity index (χ2n) is 5.10. The Balaban J connectivity index is 1.65. The molecule has 1 saturated heterocycles. The number of rotatable bonds is 2. The van der Waals surface area contributed by atoms with Crippen LogP contribution in [0, 0.1) is 11.8 Å². The van der Waals surface area contributed by atoms with Crippen molar-refractivity contribution >= 4 is 11.3 Å². The molecule has 2 fully saturated rings. The summed E-state index contributed by atoms with van der Waals surface area (Å²) in [5, 5.41) is 8.71. The first-order chi connectivity index (χ1) is 9.36. The molecule has 19 heavy (non-hydrogen) atoms. The normalized spacial score (nSPS) is 26.8. The Morgan fingerprint density at radius 1 is 1.42 bits per heavy atom. The van der Waals surface area contributed by atoms with Gasteiger partial charge in [-0.05, 0) is 31.4 Å². The van der Waals surface area contributed by atoms with E-state index in [-0.39, 0.29) is 6.61 Å². The molecule has 0 spiro atoms. The lowest BCUT2D eigenvalue weighted by Crippen LogP contribution is -2.47. The lowest BCUT2D eigenvalue weighted by atomic mass is 10.1. The summed E-state index contributed by atoms with van der Waals surface area (Å²) in [6, 6.07) is 4.82. The molecular weight excluding hydrogens is 258 g/mol. The number of ether oxygens (including phenoxy) is 1. The van der Waals surface area contributed by atoms with Crippen LogP contribution < -0.4 is 0 Å². The fraction of sp³-hybridized carbons (Fsp3) is 0.600.